The van der Waals surface area contributed by atoms with Gasteiger partial charge in [-0.1, -0.05) is 27.7 Å². The number of carbonyl (C=O) groups excluding carboxylic acids is 4. The zero-order valence-electron chi connectivity index (χ0n) is 17.1. The molecule has 0 unspecified atom stereocenters. The molecule has 0 N–H and O–H groups in total. The van der Waals surface area contributed by atoms with Crippen LogP contribution < -0.4 is 0 Å². The highest BCUT2D eigenvalue weighted by Gasteiger charge is 2.38. The van der Waals surface area contributed by atoms with E-state index in [1.54, 1.807) is 27.7 Å². The monoisotopic (exact) mass is 488 g/mol. The number of rotatable bonds is 12. The highest BCUT2D eigenvalue weighted by molar-refractivity contribution is 8.13. The predicted octanol–water partition coefficient (Wildman–Crippen LogP) is 5.53. The van der Waals surface area contributed by atoms with Crippen molar-refractivity contribution < 1.29 is 38.1 Å². The van der Waals surface area contributed by atoms with Crippen molar-refractivity contribution in [3.8, 4) is 0 Å². The summed E-state index contributed by atoms with van der Waals surface area (Å²) in [5.41, 5.74) is -1.21. The van der Waals surface area contributed by atoms with Crippen molar-refractivity contribution in [1.29, 1.82) is 0 Å². The quantitative estimate of drug-likeness (QED) is 0.254. The van der Waals surface area contributed by atoms with Crippen molar-refractivity contribution in [2.24, 2.45) is 5.41 Å². The molecule has 0 aromatic carbocycles. The highest BCUT2D eigenvalue weighted by atomic mass is 32.2. The Labute approximate surface area is 188 Å². The van der Waals surface area contributed by atoms with Gasteiger partial charge in [0.1, 0.15) is 31.8 Å². The second-order valence-corrected chi connectivity index (χ2v) is 10.2. The first-order chi connectivity index (χ1) is 13.8. The number of thioether (sulfide) groups is 4. The van der Waals surface area contributed by atoms with Gasteiger partial charge in [-0.05, 0) is 47.0 Å². The maximum atomic E-state index is 11.8. The molecule has 0 bridgehead atoms. The van der Waals surface area contributed by atoms with Crippen LogP contribution in [0.25, 0.3) is 0 Å². The Hall–Kier alpha value is -0.720. The van der Waals surface area contributed by atoms with E-state index in [4.69, 9.17) is 18.9 Å². The van der Waals surface area contributed by atoms with E-state index in [9.17, 15) is 19.2 Å². The molecule has 0 aliphatic rings. The van der Waals surface area contributed by atoms with Gasteiger partial charge < -0.3 is 18.9 Å². The van der Waals surface area contributed by atoms with Gasteiger partial charge in [-0.15, -0.1) is 0 Å². The number of hydrogen-bond acceptors (Lipinski definition) is 12. The lowest BCUT2D eigenvalue weighted by molar-refractivity contribution is -0.0354. The molecular weight excluding hydrogens is 460 g/mol. The number of hydrogen-bond donors (Lipinski definition) is 0. The molecule has 168 valence electrons. The van der Waals surface area contributed by atoms with Crippen LogP contribution in [0.4, 0.5) is 19.2 Å². The van der Waals surface area contributed by atoms with Crippen LogP contribution in [-0.2, 0) is 18.9 Å². The second kappa shape index (κ2) is 17.0. The first kappa shape index (κ1) is 28.3. The van der Waals surface area contributed by atoms with Crippen LogP contribution in [0.2, 0.25) is 0 Å². The van der Waals surface area contributed by atoms with Gasteiger partial charge in [0.25, 0.3) is 0 Å². The van der Waals surface area contributed by atoms with Crippen molar-refractivity contribution in [2.45, 2.75) is 27.7 Å². The Bertz CT molecular complexity index is 436. The summed E-state index contributed by atoms with van der Waals surface area (Å²) in [6.07, 6.45) is 0. The second-order valence-electron chi connectivity index (χ2n) is 5.39. The molecule has 0 aliphatic carbocycles. The Morgan fingerprint density at radius 1 is 0.517 bits per heavy atom. The van der Waals surface area contributed by atoms with E-state index in [1.165, 1.54) is 0 Å². The van der Waals surface area contributed by atoms with Gasteiger partial charge in [0.15, 0.2) is 0 Å². The summed E-state index contributed by atoms with van der Waals surface area (Å²) in [5, 5.41) is -2.08. The van der Waals surface area contributed by atoms with Crippen LogP contribution in [0.3, 0.4) is 0 Å². The van der Waals surface area contributed by atoms with Gasteiger partial charge in [0.05, 0.1) is 0 Å². The molecule has 0 aromatic heterocycles. The van der Waals surface area contributed by atoms with Crippen LogP contribution in [0.5, 0.6) is 0 Å². The summed E-state index contributed by atoms with van der Waals surface area (Å²) in [5.74, 6) is 2.10. The van der Waals surface area contributed by atoms with Crippen molar-refractivity contribution in [3.05, 3.63) is 0 Å². The maximum Gasteiger partial charge on any atom is 0.367 e. The van der Waals surface area contributed by atoms with E-state index in [-0.39, 0.29) is 26.4 Å². The topological polar surface area (TPSA) is 105 Å². The van der Waals surface area contributed by atoms with Gasteiger partial charge in [0, 0.05) is 23.0 Å². The fourth-order valence-electron chi connectivity index (χ4n) is 1.74. The molecule has 12 heteroatoms. The minimum absolute atomic E-state index is 0.239. The molecule has 0 aromatic rings. The number of ether oxygens (including phenoxy) is 4. The zero-order chi connectivity index (χ0) is 22.1. The van der Waals surface area contributed by atoms with Crippen molar-refractivity contribution in [3.63, 3.8) is 0 Å². The molecule has 29 heavy (non-hydrogen) atoms. The summed E-state index contributed by atoms with van der Waals surface area (Å²) >= 11 is 3.89. The molecule has 0 aliphatic heterocycles. The van der Waals surface area contributed by atoms with Crippen LogP contribution in [0.15, 0.2) is 0 Å². The third kappa shape index (κ3) is 14.0. The van der Waals surface area contributed by atoms with Gasteiger partial charge in [-0.3, -0.25) is 0 Å². The van der Waals surface area contributed by atoms with Gasteiger partial charge in [-0.2, -0.15) is 0 Å². The summed E-state index contributed by atoms with van der Waals surface area (Å²) in [4.78, 5) is 47.3. The van der Waals surface area contributed by atoms with Crippen LogP contribution >= 0.6 is 47.0 Å². The Morgan fingerprint density at radius 2 is 0.724 bits per heavy atom. The van der Waals surface area contributed by atoms with Crippen molar-refractivity contribution in [1.82, 2.24) is 0 Å². The Morgan fingerprint density at radius 3 is 0.897 bits per heavy atom. The van der Waals surface area contributed by atoms with E-state index < -0.39 is 26.6 Å². The highest BCUT2D eigenvalue weighted by Crippen LogP contribution is 2.25. The number of carbonyl (C=O) groups is 4. The first-order valence-electron chi connectivity index (χ1n) is 9.00. The molecule has 0 fully saturated rings. The van der Waals surface area contributed by atoms with Gasteiger partial charge >= 0.3 is 21.2 Å². The van der Waals surface area contributed by atoms with Crippen LogP contribution in [-0.4, -0.2) is 70.6 Å². The molecule has 0 heterocycles. The minimum Gasteiger partial charge on any atom is -0.457 e. The van der Waals surface area contributed by atoms with Crippen LogP contribution in [0.1, 0.15) is 27.7 Å². The summed E-state index contributed by atoms with van der Waals surface area (Å²) in [7, 11) is 0. The molecule has 0 rings (SSSR count). The molecule has 8 nitrogen and oxygen atoms in total. The van der Waals surface area contributed by atoms with Crippen molar-refractivity contribution in [2.75, 3.05) is 49.4 Å². The summed E-state index contributed by atoms with van der Waals surface area (Å²) < 4.78 is 21.0. The molecule has 0 saturated carbocycles. The normalized spacial score (nSPS) is 10.9. The fourth-order valence-corrected chi connectivity index (χ4v) is 3.25. The largest absolute Gasteiger partial charge is 0.457 e. The third-order valence-corrected chi connectivity index (χ3v) is 5.60. The lowest BCUT2D eigenvalue weighted by atomic mass is 9.92. The van der Waals surface area contributed by atoms with E-state index in [2.05, 4.69) is 0 Å². The molecule has 0 saturated heterocycles. The SMILES string of the molecule is CCSC(=O)OCC(COC(=O)SCC)(COC(=O)SCC)COC(=O)SCC. The average Bonchev–Trinajstić information content (AvgIpc) is 2.68. The van der Waals surface area contributed by atoms with E-state index >= 15 is 0 Å². The molecule has 0 amide bonds. The standard InChI is InChI=1S/C17H28O8S4/c1-5-26-13(18)22-9-17(10-23-14(19)27-6-2,11-24-15(20)28-7-3)12-25-16(21)29-8-4/h5-12H2,1-4H3. The minimum atomic E-state index is -1.21. The first-order valence-corrected chi connectivity index (χ1v) is 12.9. The fraction of sp³-hybridized carbons (Fsp3) is 0.765. The summed E-state index contributed by atoms with van der Waals surface area (Å²) in [6.45, 7) is 6.25. The maximum absolute atomic E-state index is 11.8. The van der Waals surface area contributed by atoms with E-state index in [0.717, 1.165) is 47.0 Å². The summed E-state index contributed by atoms with van der Waals surface area (Å²) in [6, 6.07) is 0. The van der Waals surface area contributed by atoms with E-state index in [1.807, 2.05) is 0 Å². The average molecular weight is 489 g/mol. The Kier molecular flexibility index (Phi) is 16.6. The zero-order valence-corrected chi connectivity index (χ0v) is 20.3. The lowest BCUT2D eigenvalue weighted by Gasteiger charge is -2.31. The molecular formula is C17H28O8S4. The third-order valence-electron chi connectivity index (χ3n) is 3.03. The Balaban J connectivity index is 5.35. The van der Waals surface area contributed by atoms with E-state index in [0.29, 0.717) is 23.0 Å². The lowest BCUT2D eigenvalue weighted by Crippen LogP contribution is -2.43. The van der Waals surface area contributed by atoms with Gasteiger partial charge in [-0.25, -0.2) is 19.2 Å². The molecule has 0 atom stereocenters. The molecule has 0 radical (unpaired) electrons. The smallest absolute Gasteiger partial charge is 0.367 e. The molecule has 0 spiro atoms. The predicted molar refractivity (Wildman–Crippen MR) is 120 cm³/mol. The van der Waals surface area contributed by atoms with Gasteiger partial charge in [0.2, 0.25) is 0 Å². The van der Waals surface area contributed by atoms with Crippen LogP contribution in [0, 0.1) is 5.41 Å². The van der Waals surface area contributed by atoms with Crippen molar-refractivity contribution >= 4 is 68.3 Å².